The number of anilines is 1. The number of halogens is 1. The first kappa shape index (κ1) is 23.3. The number of benzene rings is 2. The Kier molecular flexibility index (Phi) is 7.88. The second-order valence-corrected chi connectivity index (χ2v) is 7.93. The molecule has 0 spiro atoms. The minimum atomic E-state index is -0.560. The van der Waals surface area contributed by atoms with Gasteiger partial charge in [0.2, 0.25) is 5.91 Å². The average molecular weight is 459 g/mol. The quantitative estimate of drug-likeness (QED) is 0.434. The summed E-state index contributed by atoms with van der Waals surface area (Å²) in [6.07, 6.45) is 3.51. The molecule has 0 radical (unpaired) electrons. The summed E-state index contributed by atoms with van der Waals surface area (Å²) in [6.45, 7) is 2.21. The maximum absolute atomic E-state index is 13.0. The summed E-state index contributed by atoms with van der Waals surface area (Å²) < 4.78 is 24.1. The molecule has 0 saturated carbocycles. The van der Waals surface area contributed by atoms with E-state index in [1.54, 1.807) is 24.3 Å². The van der Waals surface area contributed by atoms with E-state index in [-0.39, 0.29) is 4.91 Å². The van der Waals surface area contributed by atoms with Gasteiger partial charge >= 0.3 is 0 Å². The molecule has 3 rings (SSSR count). The van der Waals surface area contributed by atoms with Crippen LogP contribution in [0.3, 0.4) is 0 Å². The van der Waals surface area contributed by atoms with Gasteiger partial charge in [-0.3, -0.25) is 19.3 Å². The van der Waals surface area contributed by atoms with Gasteiger partial charge < -0.3 is 14.8 Å². The van der Waals surface area contributed by atoms with Crippen LogP contribution in [0.1, 0.15) is 25.3 Å². The molecule has 1 aliphatic rings. The lowest BCUT2D eigenvalue weighted by atomic mass is 10.2. The SMILES string of the molecule is CCCCOc1ccc(/C=C2\SC(=O)N(CC(=O)Nc3ccc(F)cc3)C2=O)cc1OC. The summed E-state index contributed by atoms with van der Waals surface area (Å²) in [5.41, 5.74) is 1.03. The van der Waals surface area contributed by atoms with Crippen molar-refractivity contribution in [2.75, 3.05) is 25.6 Å². The van der Waals surface area contributed by atoms with Crippen LogP contribution >= 0.6 is 11.8 Å². The predicted molar refractivity (Wildman–Crippen MR) is 121 cm³/mol. The molecule has 7 nitrogen and oxygen atoms in total. The summed E-state index contributed by atoms with van der Waals surface area (Å²) in [7, 11) is 1.53. The van der Waals surface area contributed by atoms with Gasteiger partial charge in [0, 0.05) is 5.69 Å². The molecular weight excluding hydrogens is 435 g/mol. The monoisotopic (exact) mass is 458 g/mol. The highest BCUT2D eigenvalue weighted by Gasteiger charge is 2.36. The van der Waals surface area contributed by atoms with Gasteiger partial charge in [0.05, 0.1) is 18.6 Å². The third-order valence-electron chi connectivity index (χ3n) is 4.54. The molecular formula is C23H23FN2O5S. The zero-order chi connectivity index (χ0) is 23.1. The molecule has 1 N–H and O–H groups in total. The first-order valence-corrected chi connectivity index (χ1v) is 10.8. The van der Waals surface area contributed by atoms with E-state index < -0.39 is 29.4 Å². The van der Waals surface area contributed by atoms with Crippen molar-refractivity contribution in [1.29, 1.82) is 0 Å². The van der Waals surface area contributed by atoms with E-state index in [0.717, 1.165) is 29.5 Å². The van der Waals surface area contributed by atoms with E-state index in [1.165, 1.54) is 31.4 Å². The molecule has 3 amide bonds. The number of carbonyl (C=O) groups is 3. The largest absolute Gasteiger partial charge is 0.493 e. The van der Waals surface area contributed by atoms with Gasteiger partial charge in [-0.05, 0) is 66.2 Å². The molecule has 9 heteroatoms. The van der Waals surface area contributed by atoms with Gasteiger partial charge in [-0.15, -0.1) is 0 Å². The number of thioether (sulfide) groups is 1. The number of nitrogens with one attached hydrogen (secondary N) is 1. The Morgan fingerprint density at radius 1 is 1.16 bits per heavy atom. The lowest BCUT2D eigenvalue weighted by Gasteiger charge is -2.12. The number of amides is 3. The van der Waals surface area contributed by atoms with E-state index in [0.29, 0.717) is 29.4 Å². The Labute approximate surface area is 189 Å². The van der Waals surface area contributed by atoms with E-state index >= 15 is 0 Å². The van der Waals surface area contributed by atoms with Crippen molar-refractivity contribution in [3.8, 4) is 11.5 Å². The molecule has 32 heavy (non-hydrogen) atoms. The van der Waals surface area contributed by atoms with Crippen LogP contribution < -0.4 is 14.8 Å². The lowest BCUT2D eigenvalue weighted by Crippen LogP contribution is -2.36. The van der Waals surface area contributed by atoms with Crippen LogP contribution in [0.2, 0.25) is 0 Å². The second-order valence-electron chi connectivity index (χ2n) is 6.94. The van der Waals surface area contributed by atoms with Crippen molar-refractivity contribution in [3.63, 3.8) is 0 Å². The Morgan fingerprint density at radius 3 is 2.59 bits per heavy atom. The fraction of sp³-hybridized carbons (Fsp3) is 0.261. The van der Waals surface area contributed by atoms with E-state index in [9.17, 15) is 18.8 Å². The van der Waals surface area contributed by atoms with Gasteiger partial charge in [-0.1, -0.05) is 19.4 Å². The van der Waals surface area contributed by atoms with Crippen molar-refractivity contribution >= 4 is 40.6 Å². The number of rotatable bonds is 9. The molecule has 168 valence electrons. The molecule has 2 aromatic carbocycles. The van der Waals surface area contributed by atoms with Crippen molar-refractivity contribution < 1.29 is 28.2 Å². The maximum atomic E-state index is 13.0. The molecule has 0 atom stereocenters. The summed E-state index contributed by atoms with van der Waals surface area (Å²) in [4.78, 5) is 38.3. The molecule has 1 heterocycles. The van der Waals surface area contributed by atoms with Gasteiger partial charge in [-0.2, -0.15) is 0 Å². The fourth-order valence-corrected chi connectivity index (χ4v) is 3.72. The topological polar surface area (TPSA) is 84.9 Å². The van der Waals surface area contributed by atoms with Crippen LogP contribution in [-0.2, 0) is 9.59 Å². The number of ether oxygens (including phenoxy) is 2. The Balaban J connectivity index is 1.68. The highest BCUT2D eigenvalue weighted by molar-refractivity contribution is 8.18. The zero-order valence-corrected chi connectivity index (χ0v) is 18.5. The van der Waals surface area contributed by atoms with Crippen LogP contribution in [0.5, 0.6) is 11.5 Å². The lowest BCUT2D eigenvalue weighted by molar-refractivity contribution is -0.127. The van der Waals surface area contributed by atoms with Crippen LogP contribution in [0.15, 0.2) is 47.4 Å². The third kappa shape index (κ3) is 5.88. The van der Waals surface area contributed by atoms with Gasteiger partial charge in [0.1, 0.15) is 12.4 Å². The number of carbonyl (C=O) groups excluding carboxylic acids is 3. The molecule has 0 aromatic heterocycles. The van der Waals surface area contributed by atoms with Crippen LogP contribution in [0, 0.1) is 5.82 Å². The highest BCUT2D eigenvalue weighted by atomic mass is 32.2. The Hall–Kier alpha value is -3.33. The van der Waals surface area contributed by atoms with Gasteiger partial charge in [-0.25, -0.2) is 4.39 Å². The Bertz CT molecular complexity index is 1040. The van der Waals surface area contributed by atoms with Crippen molar-refractivity contribution in [2.45, 2.75) is 19.8 Å². The number of nitrogens with zero attached hydrogens (tertiary/aromatic N) is 1. The highest BCUT2D eigenvalue weighted by Crippen LogP contribution is 2.34. The maximum Gasteiger partial charge on any atom is 0.294 e. The summed E-state index contributed by atoms with van der Waals surface area (Å²) in [5, 5.41) is 1.99. The van der Waals surface area contributed by atoms with Crippen LogP contribution in [0.25, 0.3) is 6.08 Å². The smallest absolute Gasteiger partial charge is 0.294 e. The summed E-state index contributed by atoms with van der Waals surface area (Å²) >= 11 is 0.758. The molecule has 1 saturated heterocycles. The predicted octanol–water partition coefficient (Wildman–Crippen LogP) is 4.69. The number of methoxy groups -OCH3 is 1. The van der Waals surface area contributed by atoms with E-state index in [1.807, 2.05) is 0 Å². The van der Waals surface area contributed by atoms with Gasteiger partial charge in [0.15, 0.2) is 11.5 Å². The molecule has 1 aliphatic heterocycles. The third-order valence-corrected chi connectivity index (χ3v) is 5.45. The van der Waals surface area contributed by atoms with E-state index in [4.69, 9.17) is 9.47 Å². The summed E-state index contributed by atoms with van der Waals surface area (Å²) in [6, 6.07) is 10.4. The zero-order valence-electron chi connectivity index (χ0n) is 17.7. The molecule has 0 unspecified atom stereocenters. The van der Waals surface area contributed by atoms with Crippen LogP contribution in [-0.4, -0.2) is 42.2 Å². The number of imide groups is 1. The molecule has 2 aromatic rings. The molecule has 0 bridgehead atoms. The first-order chi connectivity index (χ1) is 15.4. The average Bonchev–Trinajstić information content (AvgIpc) is 3.03. The normalized spacial score (nSPS) is 14.7. The second kappa shape index (κ2) is 10.8. The van der Waals surface area contributed by atoms with E-state index in [2.05, 4.69) is 12.2 Å². The van der Waals surface area contributed by atoms with Gasteiger partial charge in [0.25, 0.3) is 11.1 Å². The summed E-state index contributed by atoms with van der Waals surface area (Å²) in [5.74, 6) is -0.431. The van der Waals surface area contributed by atoms with Crippen LogP contribution in [0.4, 0.5) is 14.9 Å². The van der Waals surface area contributed by atoms with Crippen molar-refractivity contribution in [3.05, 3.63) is 58.8 Å². The minimum Gasteiger partial charge on any atom is -0.493 e. The molecule has 1 fully saturated rings. The first-order valence-electron chi connectivity index (χ1n) is 10.0. The standard InChI is InChI=1S/C23H23FN2O5S/c1-3-4-11-31-18-10-5-15(12-19(18)30-2)13-20-22(28)26(23(29)32-20)14-21(27)25-17-8-6-16(24)7-9-17/h5-10,12-13H,3-4,11,14H2,1-2H3,(H,25,27)/b20-13-. The number of hydrogen-bond acceptors (Lipinski definition) is 6. The van der Waals surface area contributed by atoms with Crippen molar-refractivity contribution in [1.82, 2.24) is 4.90 Å². The Morgan fingerprint density at radius 2 is 1.91 bits per heavy atom. The number of hydrogen-bond donors (Lipinski definition) is 1. The van der Waals surface area contributed by atoms with Crippen molar-refractivity contribution in [2.24, 2.45) is 0 Å². The number of unbranched alkanes of at least 4 members (excludes halogenated alkanes) is 1. The fourth-order valence-electron chi connectivity index (χ4n) is 2.88. The molecule has 0 aliphatic carbocycles. The minimum absolute atomic E-state index is 0.200.